The number of hydrogen-bond acceptors (Lipinski definition) is 4. The van der Waals surface area contributed by atoms with Crippen LogP contribution >= 0.6 is 0 Å². The van der Waals surface area contributed by atoms with Gasteiger partial charge in [0.2, 0.25) is 0 Å². The van der Waals surface area contributed by atoms with E-state index in [1.807, 2.05) is 43.3 Å². The largest absolute Gasteiger partial charge is 0.482 e. The zero-order chi connectivity index (χ0) is 18.5. The molecule has 0 bridgehead atoms. The zero-order valence-electron chi connectivity index (χ0n) is 14.6. The first-order valence-electron chi connectivity index (χ1n) is 8.18. The SMILES string of the molecule is COC(=O)COc1ccc(NC(=O)c2cccc3ccccc23)c(C)c1. The normalized spacial score (nSPS) is 10.4. The van der Waals surface area contributed by atoms with Crippen molar-refractivity contribution in [3.8, 4) is 5.75 Å². The number of methoxy groups -OCH3 is 1. The summed E-state index contributed by atoms with van der Waals surface area (Å²) >= 11 is 0. The van der Waals surface area contributed by atoms with Gasteiger partial charge in [0.15, 0.2) is 6.61 Å². The zero-order valence-corrected chi connectivity index (χ0v) is 14.6. The predicted molar refractivity (Wildman–Crippen MR) is 101 cm³/mol. The van der Waals surface area contributed by atoms with Crippen LogP contribution in [0.4, 0.5) is 5.69 Å². The molecule has 132 valence electrons. The van der Waals surface area contributed by atoms with Gasteiger partial charge in [-0.3, -0.25) is 4.79 Å². The van der Waals surface area contributed by atoms with Crippen LogP contribution in [0.2, 0.25) is 0 Å². The summed E-state index contributed by atoms with van der Waals surface area (Å²) in [5.41, 5.74) is 2.14. The van der Waals surface area contributed by atoms with E-state index in [0.29, 0.717) is 17.0 Å². The lowest BCUT2D eigenvalue weighted by molar-refractivity contribution is -0.142. The summed E-state index contributed by atoms with van der Waals surface area (Å²) < 4.78 is 9.90. The summed E-state index contributed by atoms with van der Waals surface area (Å²) in [6.45, 7) is 1.71. The van der Waals surface area contributed by atoms with Crippen LogP contribution in [0.5, 0.6) is 5.75 Å². The summed E-state index contributed by atoms with van der Waals surface area (Å²) in [7, 11) is 1.31. The fourth-order valence-electron chi connectivity index (χ4n) is 2.68. The molecular weight excluding hydrogens is 330 g/mol. The number of nitrogens with one attached hydrogen (secondary N) is 1. The van der Waals surface area contributed by atoms with E-state index in [2.05, 4.69) is 10.1 Å². The van der Waals surface area contributed by atoms with Gasteiger partial charge in [-0.15, -0.1) is 0 Å². The molecule has 5 heteroatoms. The molecule has 0 saturated carbocycles. The molecule has 26 heavy (non-hydrogen) atoms. The van der Waals surface area contributed by atoms with Gasteiger partial charge in [-0.05, 0) is 47.5 Å². The van der Waals surface area contributed by atoms with Gasteiger partial charge in [-0.1, -0.05) is 36.4 Å². The number of aryl methyl sites for hydroxylation is 1. The van der Waals surface area contributed by atoms with Gasteiger partial charge in [-0.25, -0.2) is 4.79 Å². The minimum absolute atomic E-state index is 0.155. The van der Waals surface area contributed by atoms with Crippen LogP contribution in [0.15, 0.2) is 60.7 Å². The van der Waals surface area contributed by atoms with Crippen molar-refractivity contribution in [1.82, 2.24) is 0 Å². The number of anilines is 1. The first-order chi connectivity index (χ1) is 12.6. The summed E-state index contributed by atoms with van der Waals surface area (Å²) in [4.78, 5) is 23.9. The number of hydrogen-bond donors (Lipinski definition) is 1. The molecule has 5 nitrogen and oxygen atoms in total. The third-order valence-electron chi connectivity index (χ3n) is 4.06. The monoisotopic (exact) mass is 349 g/mol. The van der Waals surface area contributed by atoms with Gasteiger partial charge in [0.25, 0.3) is 5.91 Å². The van der Waals surface area contributed by atoms with Crippen molar-refractivity contribution in [3.63, 3.8) is 0 Å². The molecule has 0 saturated heterocycles. The lowest BCUT2D eigenvalue weighted by Gasteiger charge is -2.12. The molecule has 0 fully saturated rings. The summed E-state index contributed by atoms with van der Waals surface area (Å²) in [6.07, 6.45) is 0. The van der Waals surface area contributed by atoms with E-state index in [9.17, 15) is 9.59 Å². The third-order valence-corrected chi connectivity index (χ3v) is 4.06. The molecular formula is C21H19NO4. The number of benzene rings is 3. The third kappa shape index (κ3) is 3.83. The Labute approximate surface area is 151 Å². The molecule has 0 aliphatic carbocycles. The highest BCUT2D eigenvalue weighted by Gasteiger charge is 2.12. The first-order valence-corrected chi connectivity index (χ1v) is 8.18. The Morgan fingerprint density at radius 2 is 1.77 bits per heavy atom. The molecule has 3 rings (SSSR count). The maximum Gasteiger partial charge on any atom is 0.343 e. The highest BCUT2D eigenvalue weighted by atomic mass is 16.6. The number of fused-ring (bicyclic) bond motifs is 1. The van der Waals surface area contributed by atoms with Crippen molar-refractivity contribution in [2.45, 2.75) is 6.92 Å². The number of amides is 1. The average Bonchev–Trinajstić information content (AvgIpc) is 2.67. The Balaban J connectivity index is 1.78. The highest BCUT2D eigenvalue weighted by molar-refractivity contribution is 6.13. The van der Waals surface area contributed by atoms with Crippen LogP contribution in [0.3, 0.4) is 0 Å². The van der Waals surface area contributed by atoms with Crippen LogP contribution in [0.25, 0.3) is 10.8 Å². The van der Waals surface area contributed by atoms with E-state index in [-0.39, 0.29) is 12.5 Å². The van der Waals surface area contributed by atoms with Crippen molar-refractivity contribution in [2.75, 3.05) is 19.0 Å². The summed E-state index contributed by atoms with van der Waals surface area (Å²) in [5, 5.41) is 4.86. The summed E-state index contributed by atoms with van der Waals surface area (Å²) in [5.74, 6) is -0.0832. The van der Waals surface area contributed by atoms with Crippen molar-refractivity contribution < 1.29 is 19.1 Å². The fraction of sp³-hybridized carbons (Fsp3) is 0.143. The minimum atomic E-state index is -0.448. The standard InChI is InChI=1S/C21H19NO4/c1-14-12-16(26-13-20(23)25-2)10-11-19(14)22-21(24)18-9-5-7-15-6-3-4-8-17(15)18/h3-12H,13H2,1-2H3,(H,22,24). The van der Waals surface area contributed by atoms with Crippen LogP contribution in [0.1, 0.15) is 15.9 Å². The van der Waals surface area contributed by atoms with Gasteiger partial charge in [0.05, 0.1) is 7.11 Å². The van der Waals surface area contributed by atoms with Gasteiger partial charge in [-0.2, -0.15) is 0 Å². The number of esters is 1. The molecule has 3 aromatic rings. The van der Waals surface area contributed by atoms with E-state index in [0.717, 1.165) is 16.3 Å². The first kappa shape index (κ1) is 17.5. The molecule has 0 aromatic heterocycles. The second-order valence-corrected chi connectivity index (χ2v) is 5.82. The Bertz CT molecular complexity index is 960. The van der Waals surface area contributed by atoms with Crippen molar-refractivity contribution >= 4 is 28.3 Å². The maximum atomic E-state index is 12.7. The van der Waals surface area contributed by atoms with E-state index in [4.69, 9.17) is 4.74 Å². The molecule has 0 aliphatic heterocycles. The van der Waals surface area contributed by atoms with E-state index < -0.39 is 5.97 Å². The van der Waals surface area contributed by atoms with Crippen molar-refractivity contribution in [3.05, 3.63) is 71.8 Å². The van der Waals surface area contributed by atoms with E-state index in [1.165, 1.54) is 7.11 Å². The molecule has 3 aromatic carbocycles. The van der Waals surface area contributed by atoms with Crippen molar-refractivity contribution in [2.24, 2.45) is 0 Å². The van der Waals surface area contributed by atoms with Crippen LogP contribution < -0.4 is 10.1 Å². The quantitative estimate of drug-likeness (QED) is 0.708. The molecule has 0 aliphatic rings. The topological polar surface area (TPSA) is 64.6 Å². The lowest BCUT2D eigenvalue weighted by atomic mass is 10.0. The Kier molecular flexibility index (Phi) is 5.17. The van der Waals surface area contributed by atoms with Gasteiger partial charge < -0.3 is 14.8 Å². The van der Waals surface area contributed by atoms with Gasteiger partial charge >= 0.3 is 5.97 Å². The van der Waals surface area contributed by atoms with Crippen LogP contribution in [-0.2, 0) is 9.53 Å². The Morgan fingerprint density at radius 3 is 2.54 bits per heavy atom. The van der Waals surface area contributed by atoms with Gasteiger partial charge in [0.1, 0.15) is 5.75 Å². The molecule has 1 N–H and O–H groups in total. The van der Waals surface area contributed by atoms with E-state index >= 15 is 0 Å². The summed E-state index contributed by atoms with van der Waals surface area (Å²) in [6, 6.07) is 18.6. The number of carbonyl (C=O) groups is 2. The van der Waals surface area contributed by atoms with Crippen LogP contribution in [0, 0.1) is 6.92 Å². The smallest absolute Gasteiger partial charge is 0.343 e. The fourth-order valence-corrected chi connectivity index (χ4v) is 2.68. The second-order valence-electron chi connectivity index (χ2n) is 5.82. The Morgan fingerprint density at radius 1 is 1.00 bits per heavy atom. The van der Waals surface area contributed by atoms with Crippen LogP contribution in [-0.4, -0.2) is 25.6 Å². The highest BCUT2D eigenvalue weighted by Crippen LogP contribution is 2.24. The van der Waals surface area contributed by atoms with Crippen molar-refractivity contribution in [1.29, 1.82) is 0 Å². The maximum absolute atomic E-state index is 12.7. The molecule has 0 heterocycles. The predicted octanol–water partition coefficient (Wildman–Crippen LogP) is 3.95. The molecule has 1 amide bonds. The lowest BCUT2D eigenvalue weighted by Crippen LogP contribution is -2.14. The molecule has 0 spiro atoms. The second kappa shape index (κ2) is 7.70. The minimum Gasteiger partial charge on any atom is -0.482 e. The number of rotatable bonds is 5. The number of ether oxygens (including phenoxy) is 2. The number of carbonyl (C=O) groups excluding carboxylic acids is 2. The average molecular weight is 349 g/mol. The molecule has 0 atom stereocenters. The van der Waals surface area contributed by atoms with E-state index in [1.54, 1.807) is 24.3 Å². The molecule has 0 unspecified atom stereocenters. The van der Waals surface area contributed by atoms with Gasteiger partial charge in [0, 0.05) is 11.3 Å². The Hall–Kier alpha value is -3.34. The molecule has 0 radical (unpaired) electrons.